The molecule has 1 aromatic carbocycles. The lowest BCUT2D eigenvalue weighted by Crippen LogP contribution is -2.44. The summed E-state index contributed by atoms with van der Waals surface area (Å²) >= 11 is 5.96. The van der Waals surface area contributed by atoms with Gasteiger partial charge in [-0.05, 0) is 29.5 Å². The summed E-state index contributed by atoms with van der Waals surface area (Å²) in [6.45, 7) is 4.19. The van der Waals surface area contributed by atoms with E-state index < -0.39 is 12.0 Å². The fourth-order valence-corrected chi connectivity index (χ4v) is 2.20. The Morgan fingerprint density at radius 2 is 2.05 bits per heavy atom. The minimum Gasteiger partial charge on any atom is -0.480 e. The average Bonchev–Trinajstić information content (AvgIpc) is 2.34. The van der Waals surface area contributed by atoms with E-state index in [1.165, 1.54) is 7.05 Å². The third-order valence-electron chi connectivity index (χ3n) is 3.01. The molecule has 0 unspecified atom stereocenters. The predicted molar refractivity (Wildman–Crippen MR) is 82.6 cm³/mol. The van der Waals surface area contributed by atoms with Crippen molar-refractivity contribution in [2.75, 3.05) is 20.1 Å². The van der Waals surface area contributed by atoms with Crippen molar-refractivity contribution in [2.24, 2.45) is 5.41 Å². The number of hydrogen-bond acceptors (Lipinski definition) is 2. The number of amides is 2. The van der Waals surface area contributed by atoms with Crippen molar-refractivity contribution in [1.29, 1.82) is 0 Å². The molecule has 0 spiro atoms. The third-order valence-corrected chi connectivity index (χ3v) is 3.24. The highest BCUT2D eigenvalue weighted by molar-refractivity contribution is 6.30. The molecule has 6 heteroatoms. The number of carboxylic acid groups (broad SMARTS) is 1. The van der Waals surface area contributed by atoms with Gasteiger partial charge in [0.05, 0.1) is 0 Å². The van der Waals surface area contributed by atoms with Crippen LogP contribution in [0.2, 0.25) is 5.02 Å². The number of carboxylic acids is 1. The maximum absolute atomic E-state index is 11.8. The molecule has 0 aliphatic heterocycles. The first-order valence-corrected chi connectivity index (χ1v) is 7.02. The van der Waals surface area contributed by atoms with Crippen molar-refractivity contribution >= 4 is 23.6 Å². The molecule has 0 aliphatic carbocycles. The molecular weight excluding hydrogens is 292 g/mol. The molecule has 0 fully saturated rings. The normalized spacial score (nSPS) is 11.0. The van der Waals surface area contributed by atoms with Crippen molar-refractivity contribution in [1.82, 2.24) is 10.2 Å². The average molecular weight is 313 g/mol. The summed E-state index contributed by atoms with van der Waals surface area (Å²) in [4.78, 5) is 23.5. The largest absolute Gasteiger partial charge is 0.480 e. The molecule has 0 saturated heterocycles. The van der Waals surface area contributed by atoms with Crippen LogP contribution in [-0.2, 0) is 11.2 Å². The van der Waals surface area contributed by atoms with Crippen molar-refractivity contribution in [2.45, 2.75) is 20.3 Å². The van der Waals surface area contributed by atoms with E-state index in [4.69, 9.17) is 16.7 Å². The molecule has 2 amide bonds. The zero-order valence-corrected chi connectivity index (χ0v) is 13.3. The van der Waals surface area contributed by atoms with Crippen LogP contribution < -0.4 is 5.32 Å². The number of nitrogens with one attached hydrogen (secondary N) is 1. The molecule has 116 valence electrons. The lowest BCUT2D eigenvalue weighted by atomic mass is 9.86. The monoisotopic (exact) mass is 312 g/mol. The van der Waals surface area contributed by atoms with Gasteiger partial charge in [0.25, 0.3) is 0 Å². The van der Waals surface area contributed by atoms with Crippen LogP contribution in [0, 0.1) is 5.41 Å². The summed E-state index contributed by atoms with van der Waals surface area (Å²) in [6.07, 6.45) is 0.760. The van der Waals surface area contributed by atoms with Crippen LogP contribution in [0.15, 0.2) is 24.3 Å². The Labute approximate surface area is 129 Å². The molecule has 0 bridgehead atoms. The highest BCUT2D eigenvalue weighted by Gasteiger charge is 2.21. The van der Waals surface area contributed by atoms with Crippen LogP contribution in [-0.4, -0.2) is 42.1 Å². The van der Waals surface area contributed by atoms with Gasteiger partial charge in [0.1, 0.15) is 6.54 Å². The molecule has 21 heavy (non-hydrogen) atoms. The van der Waals surface area contributed by atoms with Crippen LogP contribution >= 0.6 is 11.6 Å². The Bertz CT molecular complexity index is 517. The Hall–Kier alpha value is -1.75. The van der Waals surface area contributed by atoms with Crippen molar-refractivity contribution in [3.05, 3.63) is 34.9 Å². The molecule has 0 radical (unpaired) electrons. The molecule has 0 heterocycles. The van der Waals surface area contributed by atoms with Gasteiger partial charge < -0.3 is 15.3 Å². The molecule has 2 N–H and O–H groups in total. The van der Waals surface area contributed by atoms with Gasteiger partial charge in [-0.1, -0.05) is 37.6 Å². The molecule has 0 saturated carbocycles. The van der Waals surface area contributed by atoms with Crippen LogP contribution in [0.1, 0.15) is 19.4 Å². The number of halogens is 1. The SMILES string of the molecule is CN(CC(=O)O)C(=O)NCC(C)(C)Cc1cccc(Cl)c1. The first-order chi connectivity index (χ1) is 9.69. The van der Waals surface area contributed by atoms with Crippen LogP contribution in [0.4, 0.5) is 4.79 Å². The van der Waals surface area contributed by atoms with Gasteiger partial charge in [0.15, 0.2) is 0 Å². The second-order valence-electron chi connectivity index (χ2n) is 5.88. The number of rotatable bonds is 6. The topological polar surface area (TPSA) is 69.6 Å². The number of carbonyl (C=O) groups is 2. The molecule has 0 atom stereocenters. The Balaban J connectivity index is 2.52. The quantitative estimate of drug-likeness (QED) is 0.848. The molecule has 1 rings (SSSR count). The van der Waals surface area contributed by atoms with E-state index in [9.17, 15) is 9.59 Å². The van der Waals surface area contributed by atoms with Gasteiger partial charge in [0, 0.05) is 18.6 Å². The summed E-state index contributed by atoms with van der Waals surface area (Å²) in [5, 5.41) is 12.1. The molecule has 5 nitrogen and oxygen atoms in total. The highest BCUT2D eigenvalue weighted by Crippen LogP contribution is 2.22. The molecular formula is C15H21ClN2O3. The summed E-state index contributed by atoms with van der Waals surface area (Å²) in [6, 6.07) is 7.22. The van der Waals surface area contributed by atoms with Crippen LogP contribution in [0.3, 0.4) is 0 Å². The zero-order chi connectivity index (χ0) is 16.0. The number of urea groups is 1. The standard InChI is InChI=1S/C15H21ClN2O3/c1-15(2,8-11-5-4-6-12(16)7-11)10-17-14(21)18(3)9-13(19)20/h4-7H,8-10H2,1-3H3,(H,17,21)(H,19,20). The first-order valence-electron chi connectivity index (χ1n) is 6.65. The fourth-order valence-electron chi connectivity index (χ4n) is 1.99. The van der Waals surface area contributed by atoms with Crippen LogP contribution in [0.5, 0.6) is 0 Å². The predicted octanol–water partition coefficient (Wildman–Crippen LogP) is 2.63. The van der Waals surface area contributed by atoms with E-state index in [1.54, 1.807) is 0 Å². The summed E-state index contributed by atoms with van der Waals surface area (Å²) in [5.74, 6) is -1.04. The fraction of sp³-hybridized carbons (Fsp3) is 0.467. The van der Waals surface area contributed by atoms with Gasteiger partial charge in [-0.15, -0.1) is 0 Å². The number of aliphatic carboxylic acids is 1. The summed E-state index contributed by atoms with van der Waals surface area (Å²) in [7, 11) is 1.45. The second kappa shape index (κ2) is 7.31. The second-order valence-corrected chi connectivity index (χ2v) is 6.32. The van der Waals surface area contributed by atoms with Crippen molar-refractivity contribution in [3.63, 3.8) is 0 Å². The van der Waals surface area contributed by atoms with Gasteiger partial charge >= 0.3 is 12.0 Å². The van der Waals surface area contributed by atoms with E-state index in [0.717, 1.165) is 16.9 Å². The van der Waals surface area contributed by atoms with Crippen LogP contribution in [0.25, 0.3) is 0 Å². The van der Waals surface area contributed by atoms with E-state index in [-0.39, 0.29) is 12.0 Å². The maximum atomic E-state index is 11.8. The molecule has 1 aromatic rings. The number of benzene rings is 1. The smallest absolute Gasteiger partial charge is 0.323 e. The van der Waals surface area contributed by atoms with Gasteiger partial charge in [-0.3, -0.25) is 4.79 Å². The lowest BCUT2D eigenvalue weighted by Gasteiger charge is -2.26. The Kier molecular flexibility index (Phi) is 6.03. The minimum atomic E-state index is -1.04. The molecule has 0 aliphatic rings. The van der Waals surface area contributed by atoms with E-state index >= 15 is 0 Å². The van der Waals surface area contributed by atoms with Gasteiger partial charge in [-0.2, -0.15) is 0 Å². The summed E-state index contributed by atoms with van der Waals surface area (Å²) in [5.41, 5.74) is 0.936. The number of hydrogen-bond donors (Lipinski definition) is 2. The maximum Gasteiger partial charge on any atom is 0.323 e. The van der Waals surface area contributed by atoms with Gasteiger partial charge in [-0.25, -0.2) is 4.79 Å². The third kappa shape index (κ3) is 6.49. The number of carbonyl (C=O) groups excluding carboxylic acids is 1. The zero-order valence-electron chi connectivity index (χ0n) is 12.5. The first kappa shape index (κ1) is 17.3. The highest BCUT2D eigenvalue weighted by atomic mass is 35.5. The van der Waals surface area contributed by atoms with E-state index in [1.807, 2.05) is 38.1 Å². The summed E-state index contributed by atoms with van der Waals surface area (Å²) < 4.78 is 0. The van der Waals surface area contributed by atoms with Crippen molar-refractivity contribution < 1.29 is 14.7 Å². The molecule has 0 aromatic heterocycles. The van der Waals surface area contributed by atoms with Gasteiger partial charge in [0.2, 0.25) is 0 Å². The van der Waals surface area contributed by atoms with E-state index in [2.05, 4.69) is 5.32 Å². The van der Waals surface area contributed by atoms with Crippen molar-refractivity contribution in [3.8, 4) is 0 Å². The Morgan fingerprint density at radius 3 is 2.62 bits per heavy atom. The number of nitrogens with zero attached hydrogens (tertiary/aromatic N) is 1. The van der Waals surface area contributed by atoms with E-state index in [0.29, 0.717) is 11.6 Å². The minimum absolute atomic E-state index is 0.162. The Morgan fingerprint density at radius 1 is 1.38 bits per heavy atom. The lowest BCUT2D eigenvalue weighted by molar-refractivity contribution is -0.137. The number of likely N-dealkylation sites (N-methyl/N-ethyl adjacent to an activating group) is 1.